The van der Waals surface area contributed by atoms with Crippen LogP contribution in [-0.2, 0) is 16.0 Å². The molecule has 1 heterocycles. The van der Waals surface area contributed by atoms with Gasteiger partial charge in [0.2, 0.25) is 0 Å². The van der Waals surface area contributed by atoms with Crippen molar-refractivity contribution in [1.29, 1.82) is 0 Å². The highest BCUT2D eigenvalue weighted by Gasteiger charge is 2.48. The third kappa shape index (κ3) is 4.03. The van der Waals surface area contributed by atoms with Crippen molar-refractivity contribution in [3.8, 4) is 0 Å². The Morgan fingerprint density at radius 2 is 2.26 bits per heavy atom. The van der Waals surface area contributed by atoms with E-state index in [2.05, 4.69) is 15.9 Å². The predicted molar refractivity (Wildman–Crippen MR) is 89.7 cm³/mol. The number of esters is 1. The zero-order valence-corrected chi connectivity index (χ0v) is 14.4. The summed E-state index contributed by atoms with van der Waals surface area (Å²) in [4.78, 5) is 11.4. The number of carbonyl (C=O) groups excluding carboxylic acids is 1. The van der Waals surface area contributed by atoms with E-state index in [0.29, 0.717) is 19.3 Å². The van der Waals surface area contributed by atoms with Crippen LogP contribution < -0.4 is 0 Å². The molecule has 1 saturated heterocycles. The van der Waals surface area contributed by atoms with Crippen molar-refractivity contribution in [2.45, 2.75) is 44.0 Å². The summed E-state index contributed by atoms with van der Waals surface area (Å²) in [5.74, 6) is -0.237. The van der Waals surface area contributed by atoms with Gasteiger partial charge in [-0.05, 0) is 30.5 Å². The number of aryl methyl sites for hydroxylation is 1. The molecule has 0 aromatic heterocycles. The van der Waals surface area contributed by atoms with Gasteiger partial charge >= 0.3 is 5.97 Å². The lowest BCUT2D eigenvalue weighted by Gasteiger charge is -2.15. The minimum absolute atomic E-state index is 0.0472. The van der Waals surface area contributed by atoms with Gasteiger partial charge in [-0.25, -0.2) is 0 Å². The van der Waals surface area contributed by atoms with Gasteiger partial charge in [0, 0.05) is 22.7 Å². The van der Waals surface area contributed by atoms with Gasteiger partial charge in [-0.3, -0.25) is 4.79 Å². The van der Waals surface area contributed by atoms with Gasteiger partial charge in [0.15, 0.2) is 0 Å². The van der Waals surface area contributed by atoms with Crippen molar-refractivity contribution >= 4 is 21.9 Å². The second-order valence-corrected chi connectivity index (χ2v) is 7.31. The Morgan fingerprint density at radius 3 is 3.04 bits per heavy atom. The van der Waals surface area contributed by atoms with E-state index in [-0.39, 0.29) is 23.9 Å². The Kier molecular flexibility index (Phi) is 5.19. The first kappa shape index (κ1) is 16.7. The third-order valence-corrected chi connectivity index (χ3v) is 5.24. The van der Waals surface area contributed by atoms with Crippen LogP contribution in [0.4, 0.5) is 0 Å². The SMILES string of the molecule is O=C1C[C@@H]2[C@@H](/C=C/[C@H](O)CCc3cccc(Br)c3)[C@H](O)C[C@@H]2O1. The van der Waals surface area contributed by atoms with Gasteiger partial charge in [0.25, 0.3) is 0 Å². The van der Waals surface area contributed by atoms with Gasteiger partial charge in [0.05, 0.1) is 18.6 Å². The number of fused-ring (bicyclic) bond motifs is 1. The number of aliphatic hydroxyl groups is 2. The topological polar surface area (TPSA) is 66.8 Å². The summed E-state index contributed by atoms with van der Waals surface area (Å²) in [6.45, 7) is 0. The van der Waals surface area contributed by atoms with Gasteiger partial charge in [0.1, 0.15) is 6.10 Å². The van der Waals surface area contributed by atoms with Crippen LogP contribution in [0.3, 0.4) is 0 Å². The molecule has 0 radical (unpaired) electrons. The molecule has 0 unspecified atom stereocenters. The molecule has 0 amide bonds. The smallest absolute Gasteiger partial charge is 0.306 e. The van der Waals surface area contributed by atoms with Crippen LogP contribution in [-0.4, -0.2) is 34.5 Å². The first-order valence-electron chi connectivity index (χ1n) is 8.01. The fraction of sp³-hybridized carbons (Fsp3) is 0.500. The summed E-state index contributed by atoms with van der Waals surface area (Å²) in [5, 5.41) is 20.2. The van der Waals surface area contributed by atoms with Gasteiger partial charge in [-0.1, -0.05) is 40.2 Å². The van der Waals surface area contributed by atoms with Gasteiger partial charge in [-0.15, -0.1) is 0 Å². The van der Waals surface area contributed by atoms with Crippen LogP contribution in [0.2, 0.25) is 0 Å². The first-order valence-corrected chi connectivity index (χ1v) is 8.80. The number of carbonyl (C=O) groups is 1. The Bertz CT molecular complexity index is 600. The van der Waals surface area contributed by atoms with Crippen molar-refractivity contribution in [3.05, 3.63) is 46.5 Å². The lowest BCUT2D eigenvalue weighted by molar-refractivity contribution is -0.141. The number of ether oxygens (including phenoxy) is 1. The van der Waals surface area contributed by atoms with E-state index in [1.54, 1.807) is 6.08 Å². The Morgan fingerprint density at radius 1 is 1.43 bits per heavy atom. The Hall–Kier alpha value is -1.17. The molecule has 1 aliphatic carbocycles. The highest BCUT2D eigenvalue weighted by molar-refractivity contribution is 9.10. The molecule has 5 heteroatoms. The maximum Gasteiger partial charge on any atom is 0.306 e. The summed E-state index contributed by atoms with van der Waals surface area (Å²) in [6.07, 6.45) is 4.67. The lowest BCUT2D eigenvalue weighted by atomic mass is 9.91. The maximum absolute atomic E-state index is 11.4. The summed E-state index contributed by atoms with van der Waals surface area (Å²) < 4.78 is 6.24. The van der Waals surface area contributed by atoms with Crippen LogP contribution >= 0.6 is 15.9 Å². The zero-order valence-electron chi connectivity index (χ0n) is 12.8. The van der Waals surface area contributed by atoms with Crippen molar-refractivity contribution in [2.75, 3.05) is 0 Å². The van der Waals surface area contributed by atoms with Crippen molar-refractivity contribution in [3.63, 3.8) is 0 Å². The molecule has 2 fully saturated rings. The second-order valence-electron chi connectivity index (χ2n) is 6.40. The molecule has 1 aromatic rings. The number of hydrogen-bond donors (Lipinski definition) is 2. The average Bonchev–Trinajstić information content (AvgIpc) is 2.98. The third-order valence-electron chi connectivity index (χ3n) is 4.75. The van der Waals surface area contributed by atoms with E-state index in [1.807, 2.05) is 30.3 Å². The predicted octanol–water partition coefficient (Wildman–Crippen LogP) is 2.61. The number of benzene rings is 1. The van der Waals surface area contributed by atoms with E-state index in [1.165, 1.54) is 5.56 Å². The average molecular weight is 381 g/mol. The molecule has 23 heavy (non-hydrogen) atoms. The Labute approximate surface area is 144 Å². The summed E-state index contributed by atoms with van der Waals surface area (Å²) in [6, 6.07) is 8.04. The van der Waals surface area contributed by atoms with Crippen LogP contribution in [0.5, 0.6) is 0 Å². The van der Waals surface area contributed by atoms with Gasteiger partial charge < -0.3 is 14.9 Å². The van der Waals surface area contributed by atoms with Crippen molar-refractivity contribution < 1.29 is 19.7 Å². The van der Waals surface area contributed by atoms with Crippen molar-refractivity contribution in [1.82, 2.24) is 0 Å². The molecule has 2 aliphatic rings. The minimum atomic E-state index is -0.557. The van der Waals surface area contributed by atoms with Crippen LogP contribution in [0.1, 0.15) is 24.8 Å². The molecule has 5 atom stereocenters. The summed E-state index contributed by atoms with van der Waals surface area (Å²) in [7, 11) is 0. The fourth-order valence-corrected chi connectivity index (χ4v) is 3.99. The maximum atomic E-state index is 11.4. The van der Waals surface area contributed by atoms with E-state index in [9.17, 15) is 15.0 Å². The lowest BCUT2D eigenvalue weighted by Crippen LogP contribution is -2.18. The molecule has 4 nitrogen and oxygen atoms in total. The molecule has 124 valence electrons. The largest absolute Gasteiger partial charge is 0.462 e. The molecular weight excluding hydrogens is 360 g/mol. The second kappa shape index (κ2) is 7.16. The summed E-state index contributed by atoms with van der Waals surface area (Å²) in [5.41, 5.74) is 1.17. The summed E-state index contributed by atoms with van der Waals surface area (Å²) >= 11 is 3.44. The van der Waals surface area contributed by atoms with Gasteiger partial charge in [-0.2, -0.15) is 0 Å². The molecule has 1 saturated carbocycles. The van der Waals surface area contributed by atoms with Crippen LogP contribution in [0.15, 0.2) is 40.9 Å². The zero-order chi connectivity index (χ0) is 16.4. The highest BCUT2D eigenvalue weighted by atomic mass is 79.9. The normalized spacial score (nSPS) is 31.3. The van der Waals surface area contributed by atoms with E-state index < -0.39 is 12.2 Å². The number of hydrogen-bond acceptors (Lipinski definition) is 4. The molecule has 0 bridgehead atoms. The highest BCUT2D eigenvalue weighted by Crippen LogP contribution is 2.42. The molecule has 0 spiro atoms. The van der Waals surface area contributed by atoms with E-state index >= 15 is 0 Å². The monoisotopic (exact) mass is 380 g/mol. The quantitative estimate of drug-likeness (QED) is 0.608. The first-order chi connectivity index (χ1) is 11.0. The number of rotatable bonds is 5. The molecule has 2 N–H and O–H groups in total. The number of halogens is 1. The minimum Gasteiger partial charge on any atom is -0.462 e. The molecular formula is C18H21BrO4. The van der Waals surface area contributed by atoms with Crippen LogP contribution in [0.25, 0.3) is 0 Å². The molecule has 1 aliphatic heterocycles. The van der Waals surface area contributed by atoms with Crippen LogP contribution in [0, 0.1) is 11.8 Å². The number of aliphatic hydroxyl groups excluding tert-OH is 2. The molecule has 3 rings (SSSR count). The van der Waals surface area contributed by atoms with Crippen molar-refractivity contribution in [2.24, 2.45) is 11.8 Å². The van der Waals surface area contributed by atoms with E-state index in [4.69, 9.17) is 4.74 Å². The fourth-order valence-electron chi connectivity index (χ4n) is 3.55. The Balaban J connectivity index is 1.53. The van der Waals surface area contributed by atoms with E-state index in [0.717, 1.165) is 10.9 Å². The standard InChI is InChI=1S/C18H21BrO4/c19-12-3-1-2-11(8-12)4-5-13(20)6-7-14-15-9-18(22)23-17(15)10-16(14)21/h1-3,6-8,13-17,20-21H,4-5,9-10H2/b7-6+/t13-,14-,15-,16-,17+/m1/s1. The molecule has 1 aromatic carbocycles.